The molecule has 0 atom stereocenters. The van der Waals surface area contributed by atoms with Crippen LogP contribution < -0.4 is 10.6 Å². The van der Waals surface area contributed by atoms with Crippen molar-refractivity contribution in [1.82, 2.24) is 0 Å². The number of nitrogens with zero attached hydrogens (tertiary/aromatic N) is 1. The summed E-state index contributed by atoms with van der Waals surface area (Å²) in [4.78, 5) is 1.62. The Kier molecular flexibility index (Phi) is 4.87. The molecule has 4 heteroatoms. The standard InChI is InChI=1S/C13H20F2N2/c1-9(2)4-5-17(3)13-11(14)6-10(8-16)7-12(13)15/h6-7,9H,4-5,8,16H2,1-3H3. The SMILES string of the molecule is CC(C)CCN(C)c1c(F)cc(CN)cc1F. The highest BCUT2D eigenvalue weighted by molar-refractivity contribution is 5.50. The number of anilines is 1. The maximum absolute atomic E-state index is 13.7. The lowest BCUT2D eigenvalue weighted by Gasteiger charge is -2.22. The molecule has 0 radical (unpaired) electrons. The van der Waals surface area contributed by atoms with Crippen LogP contribution in [0.2, 0.25) is 0 Å². The van der Waals surface area contributed by atoms with Crippen LogP contribution in [0.5, 0.6) is 0 Å². The van der Waals surface area contributed by atoms with Gasteiger partial charge in [-0.3, -0.25) is 0 Å². The molecule has 0 aliphatic carbocycles. The minimum absolute atomic E-state index is 0.0304. The normalized spacial score (nSPS) is 11.0. The molecular weight excluding hydrogens is 222 g/mol. The van der Waals surface area contributed by atoms with Gasteiger partial charge in [-0.2, -0.15) is 0 Å². The third-order valence-corrected chi connectivity index (χ3v) is 2.74. The fraction of sp³-hybridized carbons (Fsp3) is 0.538. The minimum Gasteiger partial charge on any atom is -0.370 e. The molecular formula is C13H20F2N2. The van der Waals surface area contributed by atoms with E-state index in [-0.39, 0.29) is 12.2 Å². The van der Waals surface area contributed by atoms with Crippen LogP contribution in [0.4, 0.5) is 14.5 Å². The van der Waals surface area contributed by atoms with Crippen molar-refractivity contribution in [3.05, 3.63) is 29.3 Å². The summed E-state index contributed by atoms with van der Waals surface area (Å²) in [5.41, 5.74) is 5.87. The van der Waals surface area contributed by atoms with Gasteiger partial charge in [0, 0.05) is 20.1 Å². The minimum atomic E-state index is -0.545. The number of halogens is 2. The molecule has 0 saturated heterocycles. The molecule has 0 aliphatic heterocycles. The average molecular weight is 242 g/mol. The Bertz CT molecular complexity index is 355. The topological polar surface area (TPSA) is 29.3 Å². The highest BCUT2D eigenvalue weighted by Crippen LogP contribution is 2.24. The summed E-state index contributed by atoms with van der Waals surface area (Å²) in [7, 11) is 1.70. The summed E-state index contributed by atoms with van der Waals surface area (Å²) in [6.07, 6.45) is 0.897. The molecule has 96 valence electrons. The van der Waals surface area contributed by atoms with Crippen LogP contribution in [-0.2, 0) is 6.54 Å². The van der Waals surface area contributed by atoms with E-state index < -0.39 is 11.6 Å². The fourth-order valence-electron chi connectivity index (χ4n) is 1.66. The summed E-state index contributed by atoms with van der Waals surface area (Å²) in [6.45, 7) is 4.94. The van der Waals surface area contributed by atoms with Crippen LogP contribution in [0, 0.1) is 17.6 Å². The summed E-state index contributed by atoms with van der Waals surface area (Å²) in [6, 6.07) is 2.59. The third-order valence-electron chi connectivity index (χ3n) is 2.74. The highest BCUT2D eigenvalue weighted by Gasteiger charge is 2.15. The molecule has 0 spiro atoms. The maximum Gasteiger partial charge on any atom is 0.149 e. The van der Waals surface area contributed by atoms with E-state index in [4.69, 9.17) is 5.73 Å². The third kappa shape index (κ3) is 3.66. The maximum atomic E-state index is 13.7. The van der Waals surface area contributed by atoms with Gasteiger partial charge in [0.1, 0.15) is 17.3 Å². The Labute approximate surface area is 101 Å². The van der Waals surface area contributed by atoms with Gasteiger partial charge in [-0.25, -0.2) is 8.78 Å². The summed E-state index contributed by atoms with van der Waals surface area (Å²) in [5, 5.41) is 0. The van der Waals surface area contributed by atoms with Crippen molar-refractivity contribution >= 4 is 5.69 Å². The van der Waals surface area contributed by atoms with Crippen molar-refractivity contribution < 1.29 is 8.78 Å². The lowest BCUT2D eigenvalue weighted by Crippen LogP contribution is -2.22. The van der Waals surface area contributed by atoms with E-state index in [1.165, 1.54) is 12.1 Å². The van der Waals surface area contributed by atoms with Gasteiger partial charge in [0.05, 0.1) is 0 Å². The van der Waals surface area contributed by atoms with Crippen LogP contribution in [0.3, 0.4) is 0 Å². The molecule has 0 heterocycles. The van der Waals surface area contributed by atoms with Crippen molar-refractivity contribution in [2.24, 2.45) is 11.7 Å². The van der Waals surface area contributed by atoms with Gasteiger partial charge in [-0.15, -0.1) is 0 Å². The largest absolute Gasteiger partial charge is 0.370 e. The molecule has 0 aromatic heterocycles. The Balaban J connectivity index is 2.89. The van der Waals surface area contributed by atoms with E-state index >= 15 is 0 Å². The van der Waals surface area contributed by atoms with E-state index in [0.29, 0.717) is 18.0 Å². The molecule has 2 nitrogen and oxygen atoms in total. The average Bonchev–Trinajstić information content (AvgIpc) is 2.25. The van der Waals surface area contributed by atoms with E-state index in [0.717, 1.165) is 6.42 Å². The molecule has 1 aromatic carbocycles. The van der Waals surface area contributed by atoms with Gasteiger partial charge in [-0.05, 0) is 30.0 Å². The number of rotatable bonds is 5. The van der Waals surface area contributed by atoms with E-state index in [2.05, 4.69) is 13.8 Å². The van der Waals surface area contributed by atoms with Crippen molar-refractivity contribution in [2.45, 2.75) is 26.8 Å². The Morgan fingerprint density at radius 3 is 2.18 bits per heavy atom. The zero-order chi connectivity index (χ0) is 13.0. The first kappa shape index (κ1) is 13.9. The van der Waals surface area contributed by atoms with Crippen LogP contribution >= 0.6 is 0 Å². The molecule has 0 amide bonds. The van der Waals surface area contributed by atoms with Gasteiger partial charge in [0.2, 0.25) is 0 Å². The van der Waals surface area contributed by atoms with Crippen molar-refractivity contribution in [2.75, 3.05) is 18.5 Å². The molecule has 1 rings (SSSR count). The molecule has 0 fully saturated rings. The molecule has 0 saturated carbocycles. The Hall–Kier alpha value is -1.16. The first-order valence-electron chi connectivity index (χ1n) is 5.84. The smallest absolute Gasteiger partial charge is 0.149 e. The Morgan fingerprint density at radius 1 is 1.24 bits per heavy atom. The van der Waals surface area contributed by atoms with Crippen LogP contribution in [0.1, 0.15) is 25.8 Å². The molecule has 1 aromatic rings. The molecule has 17 heavy (non-hydrogen) atoms. The van der Waals surface area contributed by atoms with Gasteiger partial charge >= 0.3 is 0 Å². The lowest BCUT2D eigenvalue weighted by atomic mass is 10.1. The number of benzene rings is 1. The van der Waals surface area contributed by atoms with Crippen molar-refractivity contribution in [3.8, 4) is 0 Å². The summed E-state index contributed by atoms with van der Waals surface area (Å²) in [5.74, 6) is -0.583. The van der Waals surface area contributed by atoms with E-state index in [1.807, 2.05) is 0 Å². The second kappa shape index (κ2) is 5.96. The number of nitrogens with two attached hydrogens (primary N) is 1. The van der Waals surface area contributed by atoms with E-state index in [1.54, 1.807) is 11.9 Å². The quantitative estimate of drug-likeness (QED) is 0.860. The van der Waals surface area contributed by atoms with Gasteiger partial charge in [0.15, 0.2) is 0 Å². The fourth-order valence-corrected chi connectivity index (χ4v) is 1.66. The molecule has 2 N–H and O–H groups in total. The van der Waals surface area contributed by atoms with Gasteiger partial charge in [-0.1, -0.05) is 13.8 Å². The molecule has 0 aliphatic rings. The van der Waals surface area contributed by atoms with Crippen LogP contribution in [-0.4, -0.2) is 13.6 Å². The predicted molar refractivity (Wildman–Crippen MR) is 67.0 cm³/mol. The van der Waals surface area contributed by atoms with E-state index in [9.17, 15) is 8.78 Å². The number of hydrogen-bond acceptors (Lipinski definition) is 2. The zero-order valence-electron chi connectivity index (χ0n) is 10.6. The predicted octanol–water partition coefficient (Wildman–Crippen LogP) is 2.91. The first-order valence-corrected chi connectivity index (χ1v) is 5.84. The lowest BCUT2D eigenvalue weighted by molar-refractivity contribution is 0.551. The monoisotopic (exact) mass is 242 g/mol. The molecule has 0 unspecified atom stereocenters. The summed E-state index contributed by atoms with van der Waals surface area (Å²) < 4.78 is 27.5. The second-order valence-corrected chi connectivity index (χ2v) is 4.72. The van der Waals surface area contributed by atoms with Crippen molar-refractivity contribution in [1.29, 1.82) is 0 Å². The zero-order valence-corrected chi connectivity index (χ0v) is 10.6. The summed E-state index contributed by atoms with van der Waals surface area (Å²) >= 11 is 0. The van der Waals surface area contributed by atoms with Crippen LogP contribution in [0.25, 0.3) is 0 Å². The van der Waals surface area contributed by atoms with Crippen molar-refractivity contribution in [3.63, 3.8) is 0 Å². The van der Waals surface area contributed by atoms with Gasteiger partial charge in [0.25, 0.3) is 0 Å². The Morgan fingerprint density at radius 2 is 1.76 bits per heavy atom. The highest BCUT2D eigenvalue weighted by atomic mass is 19.1. The van der Waals surface area contributed by atoms with Gasteiger partial charge < -0.3 is 10.6 Å². The number of hydrogen-bond donors (Lipinski definition) is 1. The van der Waals surface area contributed by atoms with Crippen LogP contribution in [0.15, 0.2) is 12.1 Å². The second-order valence-electron chi connectivity index (χ2n) is 4.72. The first-order chi connectivity index (χ1) is 7.95. The molecule has 0 bridgehead atoms.